The van der Waals surface area contributed by atoms with E-state index >= 15 is 0 Å². The first-order valence-electron chi connectivity index (χ1n) is 15.1. The molecule has 1 atom stereocenters. The molecule has 0 aromatic heterocycles. The predicted molar refractivity (Wildman–Crippen MR) is 158 cm³/mol. The molecule has 0 aliphatic rings. The number of hydrogen-bond acceptors (Lipinski definition) is 3. The summed E-state index contributed by atoms with van der Waals surface area (Å²) in [5.74, 6) is -0.782. The zero-order valence-electron chi connectivity index (χ0n) is 24.0. The summed E-state index contributed by atoms with van der Waals surface area (Å²) in [4.78, 5) is 23.0. The van der Waals surface area contributed by atoms with E-state index < -0.39 is 5.97 Å². The van der Waals surface area contributed by atoms with Gasteiger partial charge in [-0.1, -0.05) is 101 Å². The number of aliphatic carboxylic acids is 1. The van der Waals surface area contributed by atoms with Gasteiger partial charge >= 0.3 is 11.9 Å². The van der Waals surface area contributed by atoms with Crippen molar-refractivity contribution in [3.63, 3.8) is 0 Å². The van der Waals surface area contributed by atoms with Crippen LogP contribution in [0.25, 0.3) is 0 Å². The molecule has 0 heterocycles. The second kappa shape index (κ2) is 28.5. The molecule has 0 spiro atoms. The van der Waals surface area contributed by atoms with Crippen LogP contribution in [-0.2, 0) is 14.3 Å². The van der Waals surface area contributed by atoms with Crippen LogP contribution in [0.1, 0.15) is 142 Å². The van der Waals surface area contributed by atoms with Gasteiger partial charge in [-0.05, 0) is 77.0 Å². The standard InChI is InChI=1S/C33H56O4/c1-3-5-7-9-10-11-12-13-14-15-16-17-18-20-26-30-33(36)37-31(27-23-19-8-6-4-2)28-24-21-22-25-29-32(34)35/h5,7,10-11,13-14,16-17,31H,3-4,6,8-9,12,15,18-30H2,1-2H3,(H,34,35)/b7-5-,11-10-,14-13-,17-16-. The lowest BCUT2D eigenvalue weighted by Gasteiger charge is -2.18. The molecule has 4 heteroatoms. The van der Waals surface area contributed by atoms with Gasteiger partial charge in [-0.15, -0.1) is 0 Å². The second-order valence-electron chi connectivity index (χ2n) is 9.91. The van der Waals surface area contributed by atoms with E-state index in [0.29, 0.717) is 6.42 Å². The van der Waals surface area contributed by atoms with Crippen LogP contribution in [-0.4, -0.2) is 23.1 Å². The number of carbonyl (C=O) groups is 2. The van der Waals surface area contributed by atoms with E-state index in [1.807, 2.05) is 0 Å². The fraction of sp³-hybridized carbons (Fsp3) is 0.697. The molecule has 1 unspecified atom stereocenters. The number of rotatable bonds is 26. The monoisotopic (exact) mass is 516 g/mol. The molecule has 0 amide bonds. The highest BCUT2D eigenvalue weighted by Gasteiger charge is 2.14. The van der Waals surface area contributed by atoms with E-state index in [4.69, 9.17) is 9.84 Å². The van der Waals surface area contributed by atoms with Crippen molar-refractivity contribution in [1.29, 1.82) is 0 Å². The van der Waals surface area contributed by atoms with Crippen molar-refractivity contribution in [3.8, 4) is 0 Å². The summed E-state index contributed by atoms with van der Waals surface area (Å²) in [5, 5.41) is 8.75. The van der Waals surface area contributed by atoms with Crippen molar-refractivity contribution in [3.05, 3.63) is 48.6 Å². The third kappa shape index (κ3) is 28.3. The lowest BCUT2D eigenvalue weighted by molar-refractivity contribution is -0.150. The van der Waals surface area contributed by atoms with Gasteiger partial charge in [-0.3, -0.25) is 9.59 Å². The Labute approximate surface area is 228 Å². The van der Waals surface area contributed by atoms with Gasteiger partial charge in [0.1, 0.15) is 6.10 Å². The number of ether oxygens (including phenoxy) is 1. The predicted octanol–water partition coefficient (Wildman–Crippen LogP) is 10.0. The Balaban J connectivity index is 4.02. The largest absolute Gasteiger partial charge is 0.481 e. The number of carbonyl (C=O) groups excluding carboxylic acids is 1. The van der Waals surface area contributed by atoms with Gasteiger partial charge in [0, 0.05) is 12.8 Å². The number of carboxylic acid groups (broad SMARTS) is 1. The van der Waals surface area contributed by atoms with Crippen molar-refractivity contribution in [2.24, 2.45) is 0 Å². The molecule has 0 aromatic carbocycles. The van der Waals surface area contributed by atoms with Crippen LogP contribution in [0.2, 0.25) is 0 Å². The first kappa shape index (κ1) is 34.9. The lowest BCUT2D eigenvalue weighted by atomic mass is 10.0. The highest BCUT2D eigenvalue weighted by Crippen LogP contribution is 2.17. The summed E-state index contributed by atoms with van der Waals surface area (Å²) in [7, 11) is 0. The van der Waals surface area contributed by atoms with Crippen molar-refractivity contribution in [1.82, 2.24) is 0 Å². The molecule has 0 fully saturated rings. The molecular weight excluding hydrogens is 460 g/mol. The summed E-state index contributed by atoms with van der Waals surface area (Å²) in [6, 6.07) is 0. The van der Waals surface area contributed by atoms with Crippen LogP contribution in [0.15, 0.2) is 48.6 Å². The Morgan fingerprint density at radius 1 is 0.622 bits per heavy atom. The van der Waals surface area contributed by atoms with Gasteiger partial charge in [0.05, 0.1) is 0 Å². The van der Waals surface area contributed by atoms with Crippen LogP contribution in [0.5, 0.6) is 0 Å². The number of allylic oxidation sites excluding steroid dienone is 8. The van der Waals surface area contributed by atoms with Gasteiger partial charge < -0.3 is 9.84 Å². The Morgan fingerprint density at radius 3 is 1.70 bits per heavy atom. The maximum Gasteiger partial charge on any atom is 0.306 e. The Morgan fingerprint density at radius 2 is 1.14 bits per heavy atom. The average Bonchev–Trinajstić information content (AvgIpc) is 2.87. The molecule has 4 nitrogen and oxygen atoms in total. The summed E-state index contributed by atoms with van der Waals surface area (Å²) in [5.41, 5.74) is 0. The maximum atomic E-state index is 12.4. The summed E-state index contributed by atoms with van der Waals surface area (Å²) in [6.07, 6.45) is 36.9. The Hall–Kier alpha value is -2.10. The van der Waals surface area contributed by atoms with E-state index in [-0.39, 0.29) is 18.5 Å². The minimum atomic E-state index is -0.721. The average molecular weight is 517 g/mol. The highest BCUT2D eigenvalue weighted by atomic mass is 16.5. The van der Waals surface area contributed by atoms with Gasteiger partial charge in [0.25, 0.3) is 0 Å². The number of hydrogen-bond donors (Lipinski definition) is 1. The van der Waals surface area contributed by atoms with Crippen LogP contribution in [0, 0.1) is 0 Å². The molecule has 0 rings (SSSR count). The number of unbranched alkanes of at least 4 members (excludes halogenated alkanes) is 9. The maximum absolute atomic E-state index is 12.4. The van der Waals surface area contributed by atoms with Crippen LogP contribution in [0.4, 0.5) is 0 Å². The van der Waals surface area contributed by atoms with Crippen molar-refractivity contribution >= 4 is 11.9 Å². The molecule has 0 saturated carbocycles. The van der Waals surface area contributed by atoms with Gasteiger partial charge in [-0.2, -0.15) is 0 Å². The van der Waals surface area contributed by atoms with E-state index in [2.05, 4.69) is 62.5 Å². The topological polar surface area (TPSA) is 63.6 Å². The zero-order valence-corrected chi connectivity index (χ0v) is 24.0. The van der Waals surface area contributed by atoms with Crippen molar-refractivity contribution in [2.45, 2.75) is 148 Å². The summed E-state index contributed by atoms with van der Waals surface area (Å²) < 4.78 is 5.85. The first-order valence-corrected chi connectivity index (χ1v) is 15.1. The van der Waals surface area contributed by atoms with E-state index in [0.717, 1.165) is 89.9 Å². The summed E-state index contributed by atoms with van der Waals surface area (Å²) >= 11 is 0. The number of carboxylic acids is 1. The van der Waals surface area contributed by atoms with Gasteiger partial charge in [-0.25, -0.2) is 0 Å². The number of esters is 1. The van der Waals surface area contributed by atoms with Crippen LogP contribution in [0.3, 0.4) is 0 Å². The van der Waals surface area contributed by atoms with E-state index in [1.165, 1.54) is 25.7 Å². The molecule has 1 N–H and O–H groups in total. The van der Waals surface area contributed by atoms with E-state index in [9.17, 15) is 9.59 Å². The zero-order chi connectivity index (χ0) is 27.2. The SMILES string of the molecule is CC/C=C\C/C=C\C/C=C\C/C=C\CCCCC(=O)OC(CCCCCCC)CCCCCCC(=O)O. The molecule has 0 aliphatic heterocycles. The minimum absolute atomic E-state index is 0.0166. The van der Waals surface area contributed by atoms with Crippen molar-refractivity contribution < 1.29 is 19.4 Å². The Kier molecular flexibility index (Phi) is 26.9. The third-order valence-corrected chi connectivity index (χ3v) is 6.32. The van der Waals surface area contributed by atoms with Crippen molar-refractivity contribution in [2.75, 3.05) is 0 Å². The highest BCUT2D eigenvalue weighted by molar-refractivity contribution is 5.69. The first-order chi connectivity index (χ1) is 18.1. The van der Waals surface area contributed by atoms with Gasteiger partial charge in [0.2, 0.25) is 0 Å². The molecule has 0 bridgehead atoms. The lowest BCUT2D eigenvalue weighted by Crippen LogP contribution is -2.18. The normalized spacial score (nSPS) is 12.9. The quantitative estimate of drug-likeness (QED) is 0.0705. The summed E-state index contributed by atoms with van der Waals surface area (Å²) in [6.45, 7) is 4.37. The van der Waals surface area contributed by atoms with Crippen LogP contribution >= 0.6 is 0 Å². The molecule has 0 aliphatic carbocycles. The fourth-order valence-corrected chi connectivity index (χ4v) is 4.11. The molecule has 0 saturated heterocycles. The third-order valence-electron chi connectivity index (χ3n) is 6.32. The molecule has 37 heavy (non-hydrogen) atoms. The fourth-order valence-electron chi connectivity index (χ4n) is 4.11. The minimum Gasteiger partial charge on any atom is -0.481 e. The molecule has 0 radical (unpaired) electrons. The van der Waals surface area contributed by atoms with Gasteiger partial charge in [0.15, 0.2) is 0 Å². The Bertz CT molecular complexity index is 645. The molecular formula is C33H56O4. The second-order valence-corrected chi connectivity index (χ2v) is 9.91. The molecule has 212 valence electrons. The smallest absolute Gasteiger partial charge is 0.306 e. The van der Waals surface area contributed by atoms with E-state index in [1.54, 1.807) is 0 Å². The van der Waals surface area contributed by atoms with Crippen LogP contribution < -0.4 is 0 Å². The molecule has 0 aromatic rings.